The molecule has 0 saturated heterocycles. The Labute approximate surface area is 137 Å². The standard InChI is InChI=1S/C20H26F2O/c21-19-17(10-4-9-15-5-1-2-6-15)11-12-18(20(19)22)23-14-13-16-7-3-8-16/h4,9,11-12,15-16H,1-3,5-8,10,13-14H2/b9-4+. The Morgan fingerprint density at radius 3 is 2.48 bits per heavy atom. The summed E-state index contributed by atoms with van der Waals surface area (Å²) in [7, 11) is 0. The Morgan fingerprint density at radius 1 is 1.00 bits per heavy atom. The first kappa shape index (κ1) is 16.5. The van der Waals surface area contributed by atoms with Gasteiger partial charge in [0.25, 0.3) is 0 Å². The van der Waals surface area contributed by atoms with Crippen LogP contribution in [0.1, 0.15) is 56.9 Å². The summed E-state index contributed by atoms with van der Waals surface area (Å²) in [5.41, 5.74) is 0.406. The van der Waals surface area contributed by atoms with E-state index in [0.29, 0.717) is 30.4 Å². The summed E-state index contributed by atoms with van der Waals surface area (Å²) in [5.74, 6) is -0.224. The smallest absolute Gasteiger partial charge is 0.200 e. The summed E-state index contributed by atoms with van der Waals surface area (Å²) < 4.78 is 33.7. The first-order valence-corrected chi connectivity index (χ1v) is 9.00. The largest absolute Gasteiger partial charge is 0.490 e. The fourth-order valence-electron chi connectivity index (χ4n) is 3.50. The zero-order valence-corrected chi connectivity index (χ0v) is 13.7. The van der Waals surface area contributed by atoms with Gasteiger partial charge in [0.1, 0.15) is 0 Å². The molecule has 2 aliphatic rings. The summed E-state index contributed by atoms with van der Waals surface area (Å²) in [6.07, 6.45) is 14.3. The van der Waals surface area contributed by atoms with Crippen molar-refractivity contribution in [1.82, 2.24) is 0 Å². The first-order valence-electron chi connectivity index (χ1n) is 9.00. The maximum absolute atomic E-state index is 14.1. The van der Waals surface area contributed by atoms with E-state index in [1.807, 2.05) is 6.08 Å². The molecule has 2 fully saturated rings. The van der Waals surface area contributed by atoms with Crippen molar-refractivity contribution in [2.24, 2.45) is 11.8 Å². The molecule has 1 aromatic rings. The molecule has 3 rings (SSSR count). The van der Waals surface area contributed by atoms with Gasteiger partial charge in [-0.3, -0.25) is 0 Å². The van der Waals surface area contributed by atoms with Gasteiger partial charge in [0.15, 0.2) is 11.6 Å². The van der Waals surface area contributed by atoms with E-state index in [9.17, 15) is 8.78 Å². The quantitative estimate of drug-likeness (QED) is 0.575. The topological polar surface area (TPSA) is 9.23 Å². The fraction of sp³-hybridized carbons (Fsp3) is 0.600. The van der Waals surface area contributed by atoms with Gasteiger partial charge in [0.05, 0.1) is 6.61 Å². The summed E-state index contributed by atoms with van der Waals surface area (Å²) in [4.78, 5) is 0. The van der Waals surface area contributed by atoms with Crippen molar-refractivity contribution in [2.45, 2.75) is 57.8 Å². The highest BCUT2D eigenvalue weighted by molar-refractivity contribution is 5.32. The highest BCUT2D eigenvalue weighted by atomic mass is 19.2. The van der Waals surface area contributed by atoms with Gasteiger partial charge < -0.3 is 4.74 Å². The Morgan fingerprint density at radius 2 is 1.78 bits per heavy atom. The highest BCUT2D eigenvalue weighted by Crippen LogP contribution is 2.30. The third-order valence-electron chi connectivity index (χ3n) is 5.28. The lowest BCUT2D eigenvalue weighted by Crippen LogP contribution is -2.15. The Bertz CT molecular complexity index is 543. The van der Waals surface area contributed by atoms with Crippen LogP contribution in [0.2, 0.25) is 0 Å². The lowest BCUT2D eigenvalue weighted by atomic mass is 9.83. The van der Waals surface area contributed by atoms with Gasteiger partial charge in [-0.15, -0.1) is 0 Å². The van der Waals surface area contributed by atoms with Crippen molar-refractivity contribution in [3.05, 3.63) is 41.5 Å². The second kappa shape index (κ2) is 7.94. The second-order valence-corrected chi connectivity index (χ2v) is 6.96. The Balaban J connectivity index is 1.53. The third-order valence-corrected chi connectivity index (χ3v) is 5.28. The van der Waals surface area contributed by atoms with Crippen LogP contribution in [-0.4, -0.2) is 6.61 Å². The number of hydrogen-bond acceptors (Lipinski definition) is 1. The average Bonchev–Trinajstić information content (AvgIpc) is 3.01. The molecule has 0 atom stereocenters. The number of benzene rings is 1. The molecule has 1 aromatic carbocycles. The fourth-order valence-corrected chi connectivity index (χ4v) is 3.50. The minimum atomic E-state index is -0.842. The van der Waals surface area contributed by atoms with Crippen LogP contribution in [0.15, 0.2) is 24.3 Å². The Hall–Kier alpha value is -1.38. The zero-order valence-electron chi connectivity index (χ0n) is 13.7. The van der Waals surface area contributed by atoms with E-state index >= 15 is 0 Å². The predicted octanol–water partition coefficient (Wildman–Crippen LogP) is 5.82. The molecule has 23 heavy (non-hydrogen) atoms. The van der Waals surface area contributed by atoms with Gasteiger partial charge in [-0.2, -0.15) is 4.39 Å². The SMILES string of the molecule is Fc1c(C/C=C/C2CCCC2)ccc(OCCC2CCC2)c1F. The normalized spacial score (nSPS) is 19.4. The molecule has 2 aliphatic carbocycles. The van der Waals surface area contributed by atoms with E-state index in [1.165, 1.54) is 44.9 Å². The van der Waals surface area contributed by atoms with Gasteiger partial charge in [0, 0.05) is 0 Å². The zero-order chi connectivity index (χ0) is 16.1. The molecule has 0 heterocycles. The summed E-state index contributed by atoms with van der Waals surface area (Å²) in [6, 6.07) is 3.22. The lowest BCUT2D eigenvalue weighted by Gasteiger charge is -2.25. The predicted molar refractivity (Wildman–Crippen MR) is 88.6 cm³/mol. The van der Waals surface area contributed by atoms with Crippen LogP contribution < -0.4 is 4.74 Å². The molecular weight excluding hydrogens is 294 g/mol. The molecule has 1 nitrogen and oxygen atoms in total. The molecule has 0 spiro atoms. The number of hydrogen-bond donors (Lipinski definition) is 0. The van der Waals surface area contributed by atoms with E-state index in [1.54, 1.807) is 12.1 Å². The molecule has 0 bridgehead atoms. The van der Waals surface area contributed by atoms with Gasteiger partial charge in [-0.25, -0.2) is 4.39 Å². The van der Waals surface area contributed by atoms with Crippen LogP contribution in [0.3, 0.4) is 0 Å². The van der Waals surface area contributed by atoms with E-state index in [0.717, 1.165) is 6.42 Å². The monoisotopic (exact) mass is 320 g/mol. The lowest BCUT2D eigenvalue weighted by molar-refractivity contribution is 0.215. The van der Waals surface area contributed by atoms with E-state index in [2.05, 4.69) is 6.08 Å². The molecule has 0 aliphatic heterocycles. The van der Waals surface area contributed by atoms with Crippen molar-refractivity contribution in [3.8, 4) is 5.75 Å². The van der Waals surface area contributed by atoms with Crippen LogP contribution in [-0.2, 0) is 6.42 Å². The van der Waals surface area contributed by atoms with Crippen molar-refractivity contribution >= 4 is 0 Å². The number of halogens is 2. The summed E-state index contributed by atoms with van der Waals surface area (Å²) >= 11 is 0. The van der Waals surface area contributed by atoms with Gasteiger partial charge >= 0.3 is 0 Å². The van der Waals surface area contributed by atoms with E-state index < -0.39 is 11.6 Å². The number of rotatable bonds is 7. The molecule has 0 radical (unpaired) electrons. The van der Waals surface area contributed by atoms with Crippen molar-refractivity contribution in [1.29, 1.82) is 0 Å². The van der Waals surface area contributed by atoms with Crippen LogP contribution in [0.5, 0.6) is 5.75 Å². The molecule has 0 unspecified atom stereocenters. The number of allylic oxidation sites excluding steroid dienone is 2. The second-order valence-electron chi connectivity index (χ2n) is 6.96. The van der Waals surface area contributed by atoms with Crippen molar-refractivity contribution in [3.63, 3.8) is 0 Å². The number of ether oxygens (including phenoxy) is 1. The third kappa shape index (κ3) is 4.33. The van der Waals surface area contributed by atoms with E-state index in [-0.39, 0.29) is 5.75 Å². The van der Waals surface area contributed by atoms with E-state index in [4.69, 9.17) is 4.74 Å². The Kier molecular flexibility index (Phi) is 5.69. The van der Waals surface area contributed by atoms with Gasteiger partial charge in [-0.05, 0) is 49.1 Å². The van der Waals surface area contributed by atoms with Crippen LogP contribution in [0.25, 0.3) is 0 Å². The molecule has 0 aromatic heterocycles. The molecular formula is C20H26F2O. The molecule has 0 N–H and O–H groups in total. The van der Waals surface area contributed by atoms with Gasteiger partial charge in [0.2, 0.25) is 5.82 Å². The average molecular weight is 320 g/mol. The van der Waals surface area contributed by atoms with Crippen LogP contribution in [0.4, 0.5) is 8.78 Å². The maximum Gasteiger partial charge on any atom is 0.200 e. The molecule has 126 valence electrons. The van der Waals surface area contributed by atoms with Gasteiger partial charge in [-0.1, -0.05) is 50.3 Å². The summed E-state index contributed by atoms with van der Waals surface area (Å²) in [5, 5.41) is 0. The molecule has 0 amide bonds. The minimum absolute atomic E-state index is 0.0466. The van der Waals surface area contributed by atoms with Crippen molar-refractivity contribution < 1.29 is 13.5 Å². The molecule has 2 saturated carbocycles. The van der Waals surface area contributed by atoms with Crippen molar-refractivity contribution in [2.75, 3.05) is 6.61 Å². The molecule has 3 heteroatoms. The van der Waals surface area contributed by atoms with Crippen LogP contribution >= 0.6 is 0 Å². The highest BCUT2D eigenvalue weighted by Gasteiger charge is 2.18. The maximum atomic E-state index is 14.1. The minimum Gasteiger partial charge on any atom is -0.490 e. The first-order chi connectivity index (χ1) is 11.2. The van der Waals surface area contributed by atoms with Crippen LogP contribution in [0, 0.1) is 23.5 Å². The summed E-state index contributed by atoms with van der Waals surface area (Å²) in [6.45, 7) is 0.474.